The summed E-state index contributed by atoms with van der Waals surface area (Å²) >= 11 is 0. The third-order valence-corrected chi connectivity index (χ3v) is 4.13. The Kier molecular flexibility index (Phi) is 4.16. The molecule has 3 heteroatoms. The second kappa shape index (κ2) is 6.24. The van der Waals surface area contributed by atoms with Crippen LogP contribution in [-0.4, -0.2) is 4.57 Å². The summed E-state index contributed by atoms with van der Waals surface area (Å²) in [5, 5.41) is 1.23. The Morgan fingerprint density at radius 1 is 1.09 bits per heavy atom. The molecule has 0 fully saturated rings. The first-order valence-electron chi connectivity index (χ1n) is 7.73. The van der Waals surface area contributed by atoms with Crippen LogP contribution in [0, 0.1) is 6.92 Å². The molecular formula is C19H22N2O. The fraction of sp³-hybridized carbons (Fsp3) is 0.263. The molecule has 0 unspecified atom stereocenters. The zero-order valence-corrected chi connectivity index (χ0v) is 13.2. The van der Waals surface area contributed by atoms with E-state index in [1.54, 1.807) is 0 Å². The number of ether oxygens (including phenoxy) is 1. The number of aromatic nitrogens is 1. The van der Waals surface area contributed by atoms with Gasteiger partial charge in [-0.25, -0.2) is 0 Å². The molecule has 0 saturated carbocycles. The number of nitrogens with two attached hydrogens (primary N) is 1. The lowest BCUT2D eigenvalue weighted by Gasteiger charge is -2.11. The first kappa shape index (κ1) is 14.7. The highest BCUT2D eigenvalue weighted by atomic mass is 16.5. The molecule has 0 atom stereocenters. The summed E-state index contributed by atoms with van der Waals surface area (Å²) in [4.78, 5) is 0. The number of hydrogen-bond donors (Lipinski definition) is 1. The van der Waals surface area contributed by atoms with Gasteiger partial charge in [0.25, 0.3) is 0 Å². The molecular weight excluding hydrogens is 272 g/mol. The quantitative estimate of drug-likeness (QED) is 0.772. The molecule has 1 aromatic heterocycles. The Hall–Kier alpha value is -2.26. The first-order chi connectivity index (χ1) is 10.7. The van der Waals surface area contributed by atoms with Crippen molar-refractivity contribution in [2.75, 3.05) is 0 Å². The van der Waals surface area contributed by atoms with Crippen molar-refractivity contribution in [2.45, 2.75) is 33.5 Å². The summed E-state index contributed by atoms with van der Waals surface area (Å²) < 4.78 is 8.31. The van der Waals surface area contributed by atoms with Crippen molar-refractivity contribution < 1.29 is 4.74 Å². The van der Waals surface area contributed by atoms with Crippen LogP contribution in [0.25, 0.3) is 10.9 Å². The highest BCUT2D eigenvalue weighted by Crippen LogP contribution is 2.25. The number of benzene rings is 2. The van der Waals surface area contributed by atoms with E-state index in [1.807, 2.05) is 18.2 Å². The first-order valence-corrected chi connectivity index (χ1v) is 7.73. The summed E-state index contributed by atoms with van der Waals surface area (Å²) in [6, 6.07) is 16.6. The van der Waals surface area contributed by atoms with Crippen LogP contribution < -0.4 is 10.5 Å². The molecule has 1 heterocycles. The van der Waals surface area contributed by atoms with Crippen molar-refractivity contribution in [3.05, 3.63) is 65.4 Å². The van der Waals surface area contributed by atoms with Gasteiger partial charge in [-0.15, -0.1) is 0 Å². The van der Waals surface area contributed by atoms with E-state index in [2.05, 4.69) is 48.7 Å². The van der Waals surface area contributed by atoms with Crippen LogP contribution in [0.4, 0.5) is 0 Å². The van der Waals surface area contributed by atoms with E-state index in [-0.39, 0.29) is 0 Å². The van der Waals surface area contributed by atoms with E-state index < -0.39 is 0 Å². The highest BCUT2D eigenvalue weighted by Gasteiger charge is 2.11. The maximum absolute atomic E-state index is 6.02. The Bertz CT molecular complexity index is 789. The minimum Gasteiger partial charge on any atom is -0.487 e. The van der Waals surface area contributed by atoms with Crippen LogP contribution >= 0.6 is 0 Å². The molecule has 0 radical (unpaired) electrons. The molecule has 0 aliphatic carbocycles. The Morgan fingerprint density at radius 3 is 2.64 bits per heavy atom. The predicted octanol–water partition coefficient (Wildman–Crippen LogP) is 4.01. The van der Waals surface area contributed by atoms with Gasteiger partial charge in [0.2, 0.25) is 0 Å². The lowest BCUT2D eigenvalue weighted by atomic mass is 10.1. The van der Waals surface area contributed by atoms with E-state index in [0.717, 1.165) is 17.9 Å². The number of rotatable bonds is 5. The summed E-state index contributed by atoms with van der Waals surface area (Å²) in [5.74, 6) is 0.939. The van der Waals surface area contributed by atoms with Crippen molar-refractivity contribution >= 4 is 10.9 Å². The Labute approximate surface area is 131 Å². The number of aryl methyl sites for hydroxylation is 2. The minimum atomic E-state index is 0.559. The molecule has 3 aromatic rings. The van der Waals surface area contributed by atoms with Gasteiger partial charge in [-0.2, -0.15) is 0 Å². The predicted molar refractivity (Wildman–Crippen MR) is 91.0 cm³/mol. The number of hydrogen-bond acceptors (Lipinski definition) is 2. The number of nitrogens with zero attached hydrogens (tertiary/aromatic N) is 1. The maximum atomic E-state index is 6.02. The van der Waals surface area contributed by atoms with Crippen LogP contribution in [0.3, 0.4) is 0 Å². The smallest absolute Gasteiger partial charge is 0.128 e. The van der Waals surface area contributed by atoms with Gasteiger partial charge in [0.05, 0.1) is 5.69 Å². The third-order valence-electron chi connectivity index (χ3n) is 4.13. The molecule has 2 N–H and O–H groups in total. The number of para-hydroxylation sites is 1. The minimum absolute atomic E-state index is 0.559. The van der Waals surface area contributed by atoms with Gasteiger partial charge in [0.15, 0.2) is 0 Å². The van der Waals surface area contributed by atoms with Crippen LogP contribution in [0.15, 0.2) is 48.5 Å². The average Bonchev–Trinajstić information content (AvgIpc) is 2.91. The van der Waals surface area contributed by atoms with Crippen LogP contribution in [0.1, 0.15) is 23.7 Å². The summed E-state index contributed by atoms with van der Waals surface area (Å²) in [7, 11) is 0. The summed E-state index contributed by atoms with van der Waals surface area (Å²) in [6.07, 6.45) is 0. The zero-order chi connectivity index (χ0) is 15.5. The molecule has 0 aliphatic heterocycles. The standard InChI is InChI=1S/C19H22N2O/c1-3-21-16(13-22-19-10-5-4-7-14(19)2)11-17-15(12-20)8-6-9-18(17)21/h4-11H,3,12-13,20H2,1-2H3. The maximum Gasteiger partial charge on any atom is 0.128 e. The monoisotopic (exact) mass is 294 g/mol. The van der Waals surface area contributed by atoms with Crippen molar-refractivity contribution in [3.63, 3.8) is 0 Å². The Morgan fingerprint density at radius 2 is 1.91 bits per heavy atom. The van der Waals surface area contributed by atoms with E-state index in [1.165, 1.54) is 22.2 Å². The summed E-state index contributed by atoms with van der Waals surface area (Å²) in [6.45, 7) is 6.27. The van der Waals surface area contributed by atoms with E-state index in [4.69, 9.17) is 10.5 Å². The van der Waals surface area contributed by atoms with Gasteiger partial charge < -0.3 is 15.0 Å². The lowest BCUT2D eigenvalue weighted by molar-refractivity contribution is 0.294. The molecule has 0 aliphatic rings. The molecule has 0 saturated heterocycles. The third kappa shape index (κ3) is 2.60. The molecule has 0 bridgehead atoms. The Balaban J connectivity index is 1.95. The average molecular weight is 294 g/mol. The SMILES string of the molecule is CCn1c(COc2ccccc2C)cc2c(CN)cccc21. The molecule has 2 aromatic carbocycles. The van der Waals surface area contributed by atoms with Gasteiger partial charge in [-0.1, -0.05) is 30.3 Å². The second-order valence-electron chi connectivity index (χ2n) is 5.49. The normalized spacial score (nSPS) is 11.0. The fourth-order valence-corrected chi connectivity index (χ4v) is 2.94. The van der Waals surface area contributed by atoms with E-state index in [9.17, 15) is 0 Å². The molecule has 3 nitrogen and oxygen atoms in total. The largest absolute Gasteiger partial charge is 0.487 e. The van der Waals surface area contributed by atoms with Crippen molar-refractivity contribution in [3.8, 4) is 5.75 Å². The van der Waals surface area contributed by atoms with Crippen LogP contribution in [-0.2, 0) is 19.7 Å². The molecule has 0 spiro atoms. The number of fused-ring (bicyclic) bond motifs is 1. The van der Waals surface area contributed by atoms with E-state index in [0.29, 0.717) is 13.2 Å². The van der Waals surface area contributed by atoms with Gasteiger partial charge in [0, 0.05) is 24.0 Å². The van der Waals surface area contributed by atoms with Crippen molar-refractivity contribution in [2.24, 2.45) is 5.73 Å². The highest BCUT2D eigenvalue weighted by molar-refractivity contribution is 5.84. The molecule has 0 amide bonds. The summed E-state index contributed by atoms with van der Waals surface area (Å²) in [5.41, 5.74) is 10.6. The fourth-order valence-electron chi connectivity index (χ4n) is 2.94. The second-order valence-corrected chi connectivity index (χ2v) is 5.49. The van der Waals surface area contributed by atoms with Crippen LogP contribution in [0.5, 0.6) is 5.75 Å². The molecule has 22 heavy (non-hydrogen) atoms. The zero-order valence-electron chi connectivity index (χ0n) is 13.2. The van der Waals surface area contributed by atoms with Crippen molar-refractivity contribution in [1.29, 1.82) is 0 Å². The lowest BCUT2D eigenvalue weighted by Crippen LogP contribution is -2.05. The topological polar surface area (TPSA) is 40.2 Å². The van der Waals surface area contributed by atoms with Crippen LogP contribution in [0.2, 0.25) is 0 Å². The van der Waals surface area contributed by atoms with E-state index >= 15 is 0 Å². The van der Waals surface area contributed by atoms with Gasteiger partial charge >= 0.3 is 0 Å². The molecule has 3 rings (SSSR count). The molecule has 114 valence electrons. The van der Waals surface area contributed by atoms with Gasteiger partial charge in [-0.05, 0) is 43.2 Å². The van der Waals surface area contributed by atoms with Gasteiger partial charge in [0.1, 0.15) is 12.4 Å². The van der Waals surface area contributed by atoms with Gasteiger partial charge in [-0.3, -0.25) is 0 Å². The van der Waals surface area contributed by atoms with Crippen molar-refractivity contribution in [1.82, 2.24) is 4.57 Å².